The van der Waals surface area contributed by atoms with Crippen molar-refractivity contribution in [3.05, 3.63) is 145 Å². The van der Waals surface area contributed by atoms with E-state index in [4.69, 9.17) is 24.7 Å². The van der Waals surface area contributed by atoms with Gasteiger partial charge in [0, 0.05) is 29.4 Å². The van der Waals surface area contributed by atoms with Crippen LogP contribution in [0.2, 0.25) is 0 Å². The first-order chi connectivity index (χ1) is 26.9. The van der Waals surface area contributed by atoms with Gasteiger partial charge in [0.2, 0.25) is 0 Å². The first-order valence-corrected chi connectivity index (χ1v) is 18.8. The molecule has 0 atom stereocenters. The number of pyridine rings is 2. The van der Waals surface area contributed by atoms with E-state index in [1.807, 2.05) is 42.5 Å². The molecule has 0 unspecified atom stereocenters. The summed E-state index contributed by atoms with van der Waals surface area (Å²) >= 11 is 0. The number of rotatable bonds is 5. The van der Waals surface area contributed by atoms with Gasteiger partial charge in [-0.25, -0.2) is 4.98 Å². The van der Waals surface area contributed by atoms with Gasteiger partial charge < -0.3 is 13.5 Å². The molecule has 8 heteroatoms. The number of fused-ring (bicyclic) bond motifs is 16. The fourth-order valence-corrected chi connectivity index (χ4v) is 8.48. The molecule has 0 bridgehead atoms. The maximum atomic E-state index is 6.62. The normalized spacial score (nSPS) is 12.1. The largest absolute Gasteiger partial charge is 2.00 e. The smallest absolute Gasteiger partial charge is 0.497 e. The average Bonchev–Trinajstić information content (AvgIpc) is 3.81. The maximum absolute atomic E-state index is 6.62. The van der Waals surface area contributed by atoms with E-state index in [0.717, 1.165) is 77.0 Å². The number of para-hydroxylation sites is 4. The van der Waals surface area contributed by atoms with Crippen LogP contribution < -0.4 is 4.74 Å². The quantitative estimate of drug-likeness (QED) is 0.0983. The molecule has 5 aromatic heterocycles. The van der Waals surface area contributed by atoms with Crippen molar-refractivity contribution < 1.29 is 25.2 Å². The summed E-state index contributed by atoms with van der Waals surface area (Å²) in [6.45, 7) is 9.11. The Kier molecular flexibility index (Phi) is 7.93. The van der Waals surface area contributed by atoms with E-state index in [9.17, 15) is 0 Å². The van der Waals surface area contributed by atoms with Crippen molar-refractivity contribution >= 4 is 77.0 Å². The van der Waals surface area contributed by atoms with E-state index in [1.165, 1.54) is 22.3 Å². The van der Waals surface area contributed by atoms with Crippen LogP contribution in [0.25, 0.3) is 88.1 Å². The topological polar surface area (TPSA) is 69.6 Å². The molecule has 272 valence electrons. The Labute approximate surface area is 336 Å². The van der Waals surface area contributed by atoms with Gasteiger partial charge in [-0.2, -0.15) is 0 Å². The Morgan fingerprint density at radius 3 is 1.80 bits per heavy atom. The minimum atomic E-state index is 0. The number of ether oxygens (including phenoxy) is 1. The Balaban J connectivity index is 0.00000384. The van der Waals surface area contributed by atoms with E-state index < -0.39 is 0 Å². The summed E-state index contributed by atoms with van der Waals surface area (Å²) < 4.78 is 10.9. The van der Waals surface area contributed by atoms with E-state index in [-0.39, 0.29) is 20.4 Å². The minimum Gasteiger partial charge on any atom is -0.497 e. The second kappa shape index (κ2) is 12.9. The zero-order chi connectivity index (χ0) is 36.9. The number of benzene rings is 6. The van der Waals surface area contributed by atoms with E-state index >= 15 is 0 Å². The molecular weight excluding hydrogens is 783 g/mol. The fourth-order valence-electron chi connectivity index (χ4n) is 8.48. The Bertz CT molecular complexity index is 3350. The van der Waals surface area contributed by atoms with Crippen LogP contribution in [0.4, 0.5) is 0 Å². The van der Waals surface area contributed by atoms with Gasteiger partial charge >= 0.3 is 20.4 Å². The second-order valence-electron chi connectivity index (χ2n) is 14.9. The zero-order valence-electron chi connectivity index (χ0n) is 31.1. The maximum Gasteiger partial charge on any atom is 2.00 e. The van der Waals surface area contributed by atoms with Crippen LogP contribution in [0.15, 0.2) is 122 Å². The molecule has 0 amide bonds. The van der Waals surface area contributed by atoms with Crippen LogP contribution in [0.5, 0.6) is 11.5 Å². The molecule has 0 N–H and O–H groups in total. The van der Waals surface area contributed by atoms with Crippen LogP contribution in [0.1, 0.15) is 50.7 Å². The minimum absolute atomic E-state index is 0. The summed E-state index contributed by atoms with van der Waals surface area (Å²) in [6, 6.07) is 45.3. The second-order valence-corrected chi connectivity index (χ2v) is 14.9. The zero-order valence-corrected chi connectivity index (χ0v) is 32.7. The van der Waals surface area contributed by atoms with Crippen LogP contribution in [-0.2, 0) is 20.4 Å². The van der Waals surface area contributed by atoms with Crippen molar-refractivity contribution in [1.82, 2.24) is 28.7 Å². The predicted octanol–water partition coefficient (Wildman–Crippen LogP) is 12.0. The van der Waals surface area contributed by atoms with Gasteiger partial charge in [0.05, 0.1) is 38.9 Å². The third kappa shape index (κ3) is 5.06. The fraction of sp³-hybridized carbons (Fsp3) is 0.125. The third-order valence-electron chi connectivity index (χ3n) is 11.0. The molecule has 7 nitrogen and oxygen atoms in total. The number of nitrogens with zero attached hydrogens (tertiary/aromatic N) is 6. The van der Waals surface area contributed by atoms with Gasteiger partial charge in [-0.05, 0) is 69.8 Å². The molecule has 0 fully saturated rings. The predicted molar refractivity (Wildman–Crippen MR) is 222 cm³/mol. The average molecular weight is 817 g/mol. The van der Waals surface area contributed by atoms with Crippen LogP contribution in [0, 0.1) is 12.1 Å². The summed E-state index contributed by atoms with van der Waals surface area (Å²) in [5, 5.41) is 4.82. The molecule has 0 aliphatic heterocycles. The van der Waals surface area contributed by atoms with E-state index in [1.54, 1.807) is 12.4 Å². The Morgan fingerprint density at radius 1 is 0.536 bits per heavy atom. The molecule has 56 heavy (non-hydrogen) atoms. The molecule has 11 rings (SSSR count). The molecule has 0 spiro atoms. The van der Waals surface area contributed by atoms with Crippen LogP contribution in [0.3, 0.4) is 0 Å². The molecular formula is C48H34N6OPd. The van der Waals surface area contributed by atoms with Gasteiger partial charge in [-0.1, -0.05) is 128 Å². The van der Waals surface area contributed by atoms with Gasteiger partial charge in [-0.3, -0.25) is 15.0 Å². The summed E-state index contributed by atoms with van der Waals surface area (Å²) in [4.78, 5) is 19.6. The summed E-state index contributed by atoms with van der Waals surface area (Å²) in [6.07, 6.45) is 3.44. The van der Waals surface area contributed by atoms with E-state index in [2.05, 4.69) is 115 Å². The van der Waals surface area contributed by atoms with Gasteiger partial charge in [-0.15, -0.1) is 12.1 Å². The monoisotopic (exact) mass is 816 g/mol. The Morgan fingerprint density at radius 2 is 1.12 bits per heavy atom. The van der Waals surface area contributed by atoms with Gasteiger partial charge in [0.15, 0.2) is 0 Å². The van der Waals surface area contributed by atoms with Crippen molar-refractivity contribution in [3.8, 4) is 22.6 Å². The van der Waals surface area contributed by atoms with Crippen molar-refractivity contribution in [1.29, 1.82) is 0 Å². The number of aromatic nitrogens is 6. The molecule has 0 radical (unpaired) electrons. The molecule has 5 heterocycles. The van der Waals surface area contributed by atoms with Crippen molar-refractivity contribution in [2.24, 2.45) is 0 Å². The molecule has 0 aliphatic carbocycles. The molecule has 0 aliphatic rings. The number of hydrogen-bond donors (Lipinski definition) is 0. The Hall–Kier alpha value is -6.20. The summed E-state index contributed by atoms with van der Waals surface area (Å²) in [5.74, 6) is 1.90. The third-order valence-corrected chi connectivity index (χ3v) is 11.0. The molecule has 6 aromatic carbocycles. The van der Waals surface area contributed by atoms with E-state index in [0.29, 0.717) is 23.3 Å². The summed E-state index contributed by atoms with van der Waals surface area (Å²) in [5.41, 5.74) is 13.3. The van der Waals surface area contributed by atoms with Crippen molar-refractivity contribution in [2.45, 2.75) is 39.5 Å². The SMILES string of the molecule is CC(C)c1cccc(C(C)C)c1-c1ccc2c(c1)c1ccc(Oc3[c-]c4c(cc3)c3nccnc3n3c5ccccc5nc43)[c-]c1c1nc3ccccc3n21.[Pd+2]. The van der Waals surface area contributed by atoms with Crippen molar-refractivity contribution in [3.63, 3.8) is 0 Å². The standard InChI is InChI=1S/C48H34N6O.Pd/c1-27(2)32-10-9-11-33(28(3)4)44(32)29-16-21-41-36(24-29)34-19-17-30(25-37(34)46-51-39-12-5-7-14-42(39)53(41)46)55-31-18-20-35-38(26-31)47-52-40-13-6-8-15-43(40)54(47)48-45(35)49-22-23-50-48;/h5-24,27-28H,1-4H3;/q-2;+2. The number of hydrogen-bond acceptors (Lipinski definition) is 5. The van der Waals surface area contributed by atoms with Crippen LogP contribution in [-0.4, -0.2) is 28.7 Å². The van der Waals surface area contributed by atoms with Crippen molar-refractivity contribution in [2.75, 3.05) is 0 Å². The van der Waals surface area contributed by atoms with Gasteiger partial charge in [0.25, 0.3) is 0 Å². The molecule has 0 saturated heterocycles. The first-order valence-electron chi connectivity index (χ1n) is 18.8. The van der Waals surface area contributed by atoms with Gasteiger partial charge in [0.1, 0.15) is 5.65 Å². The molecule has 0 saturated carbocycles. The number of imidazole rings is 2. The molecule has 11 aromatic rings. The first kappa shape index (κ1) is 34.3. The van der Waals surface area contributed by atoms with Crippen LogP contribution >= 0.6 is 0 Å². The summed E-state index contributed by atoms with van der Waals surface area (Å²) in [7, 11) is 0.